The monoisotopic (exact) mass is 467 g/mol. The molecule has 2 aromatic rings. The minimum absolute atomic E-state index is 0.0180. The highest BCUT2D eigenvalue weighted by Gasteiger charge is 2.36. The van der Waals surface area contributed by atoms with Crippen LogP contribution in [-0.4, -0.2) is 37.1 Å². The van der Waals surface area contributed by atoms with E-state index in [9.17, 15) is 9.59 Å². The van der Waals surface area contributed by atoms with Crippen molar-refractivity contribution in [2.75, 3.05) is 21.0 Å². The van der Waals surface area contributed by atoms with Crippen molar-refractivity contribution in [3.8, 4) is 23.0 Å². The number of ether oxygens (including phenoxy) is 4. The van der Waals surface area contributed by atoms with Crippen molar-refractivity contribution in [1.82, 2.24) is 4.90 Å². The van der Waals surface area contributed by atoms with Crippen molar-refractivity contribution in [2.45, 2.75) is 6.54 Å². The van der Waals surface area contributed by atoms with Crippen LogP contribution in [0.4, 0.5) is 4.79 Å². The number of hydrogen-bond acceptors (Lipinski definition) is 7. The maximum atomic E-state index is 12.9. The molecule has 0 bridgehead atoms. The standard InChI is InChI=1S/C20H15Cl2NO6S/c1-26-16-4-10(3-13(22)18(16)27-2)5-17-19(24)23(20(25)30-17)8-11-6-14-15(7-12(11)21)29-9-28-14/h3-7H,8-9H2,1-2H3/b17-5-. The van der Waals surface area contributed by atoms with Gasteiger partial charge in [0, 0.05) is 11.1 Å². The van der Waals surface area contributed by atoms with Crippen LogP contribution in [-0.2, 0) is 11.3 Å². The van der Waals surface area contributed by atoms with Crippen LogP contribution in [0, 0.1) is 0 Å². The third kappa shape index (κ3) is 3.78. The van der Waals surface area contributed by atoms with Gasteiger partial charge in [-0.25, -0.2) is 0 Å². The SMILES string of the molecule is COc1cc(/C=C2\SC(=O)N(Cc3cc4c(cc3Cl)OCO4)C2=O)cc(Cl)c1OC. The number of carbonyl (C=O) groups is 2. The van der Waals surface area contributed by atoms with E-state index >= 15 is 0 Å². The van der Waals surface area contributed by atoms with Gasteiger partial charge in [0.15, 0.2) is 23.0 Å². The highest BCUT2D eigenvalue weighted by molar-refractivity contribution is 8.18. The Hall–Kier alpha value is -2.55. The molecule has 2 aromatic carbocycles. The summed E-state index contributed by atoms with van der Waals surface area (Å²) in [7, 11) is 2.97. The summed E-state index contributed by atoms with van der Waals surface area (Å²) in [6.07, 6.45) is 1.58. The van der Waals surface area contributed by atoms with E-state index in [-0.39, 0.29) is 18.2 Å². The number of amides is 2. The van der Waals surface area contributed by atoms with Gasteiger partial charge in [-0.15, -0.1) is 0 Å². The number of hydrogen-bond donors (Lipinski definition) is 0. The third-order valence-corrected chi connectivity index (χ3v) is 6.04. The predicted octanol–water partition coefficient (Wildman–Crippen LogP) is 4.98. The quantitative estimate of drug-likeness (QED) is 0.574. The minimum Gasteiger partial charge on any atom is -0.493 e. The van der Waals surface area contributed by atoms with Gasteiger partial charge in [-0.05, 0) is 47.2 Å². The van der Waals surface area contributed by atoms with Crippen LogP contribution in [0.15, 0.2) is 29.2 Å². The minimum atomic E-state index is -0.426. The molecule has 0 atom stereocenters. The van der Waals surface area contributed by atoms with Gasteiger partial charge < -0.3 is 18.9 Å². The molecule has 7 nitrogen and oxygen atoms in total. The molecule has 0 aliphatic carbocycles. The van der Waals surface area contributed by atoms with Crippen LogP contribution in [0.2, 0.25) is 10.0 Å². The Balaban J connectivity index is 1.60. The molecule has 0 radical (unpaired) electrons. The molecule has 156 valence electrons. The lowest BCUT2D eigenvalue weighted by atomic mass is 10.1. The van der Waals surface area contributed by atoms with Crippen LogP contribution >= 0.6 is 35.0 Å². The molecule has 4 rings (SSSR count). The molecule has 0 saturated carbocycles. The third-order valence-electron chi connectivity index (χ3n) is 4.50. The zero-order valence-corrected chi connectivity index (χ0v) is 18.2. The van der Waals surface area contributed by atoms with Gasteiger partial charge in [0.2, 0.25) is 6.79 Å². The first-order chi connectivity index (χ1) is 14.4. The van der Waals surface area contributed by atoms with Crippen molar-refractivity contribution in [3.05, 3.63) is 50.3 Å². The first-order valence-corrected chi connectivity index (χ1v) is 10.2. The summed E-state index contributed by atoms with van der Waals surface area (Å²) in [6, 6.07) is 6.59. The fraction of sp³-hybridized carbons (Fsp3) is 0.200. The van der Waals surface area contributed by atoms with E-state index in [1.165, 1.54) is 14.2 Å². The fourth-order valence-electron chi connectivity index (χ4n) is 3.06. The van der Waals surface area contributed by atoms with Gasteiger partial charge in [-0.2, -0.15) is 0 Å². The molecule has 0 spiro atoms. The predicted molar refractivity (Wildman–Crippen MR) is 114 cm³/mol. The molecular weight excluding hydrogens is 453 g/mol. The normalized spacial score (nSPS) is 16.5. The number of nitrogens with zero attached hydrogens (tertiary/aromatic N) is 1. The van der Waals surface area contributed by atoms with E-state index in [4.69, 9.17) is 42.1 Å². The Morgan fingerprint density at radius 3 is 2.50 bits per heavy atom. The van der Waals surface area contributed by atoms with Gasteiger partial charge >= 0.3 is 0 Å². The average molecular weight is 468 g/mol. The van der Waals surface area contributed by atoms with Crippen molar-refractivity contribution < 1.29 is 28.5 Å². The number of rotatable bonds is 5. The second-order valence-corrected chi connectivity index (χ2v) is 8.11. The van der Waals surface area contributed by atoms with E-state index in [1.54, 1.807) is 30.3 Å². The molecule has 10 heteroatoms. The van der Waals surface area contributed by atoms with Crippen molar-refractivity contribution >= 4 is 52.2 Å². The Labute approximate surface area is 186 Å². The van der Waals surface area contributed by atoms with Crippen molar-refractivity contribution in [1.29, 1.82) is 0 Å². The van der Waals surface area contributed by atoms with Crippen molar-refractivity contribution in [2.24, 2.45) is 0 Å². The van der Waals surface area contributed by atoms with Crippen molar-refractivity contribution in [3.63, 3.8) is 0 Å². The van der Waals surface area contributed by atoms with Crippen LogP contribution in [0.3, 0.4) is 0 Å². The van der Waals surface area contributed by atoms with Gasteiger partial charge in [-0.3, -0.25) is 14.5 Å². The number of benzene rings is 2. The lowest BCUT2D eigenvalue weighted by molar-refractivity contribution is -0.123. The molecule has 1 fully saturated rings. The summed E-state index contributed by atoms with van der Waals surface area (Å²) < 4.78 is 21.1. The van der Waals surface area contributed by atoms with Crippen LogP contribution in [0.5, 0.6) is 23.0 Å². The van der Waals surface area contributed by atoms with E-state index in [2.05, 4.69) is 0 Å². The second-order valence-electron chi connectivity index (χ2n) is 6.30. The molecule has 2 aliphatic rings. The van der Waals surface area contributed by atoms with Crippen LogP contribution in [0.25, 0.3) is 6.08 Å². The summed E-state index contributed by atoms with van der Waals surface area (Å²) >= 11 is 13.3. The summed E-state index contributed by atoms with van der Waals surface area (Å²) in [5, 5.41) is 0.315. The molecule has 0 unspecified atom stereocenters. The fourth-order valence-corrected chi connectivity index (χ4v) is 4.41. The average Bonchev–Trinajstić information content (AvgIpc) is 3.26. The molecule has 2 aliphatic heterocycles. The number of imide groups is 1. The van der Waals surface area contributed by atoms with Gasteiger partial charge in [-0.1, -0.05) is 23.2 Å². The highest BCUT2D eigenvalue weighted by atomic mass is 35.5. The van der Waals surface area contributed by atoms with E-state index in [0.717, 1.165) is 16.7 Å². The smallest absolute Gasteiger partial charge is 0.293 e. The molecular formula is C20H15Cl2NO6S. The topological polar surface area (TPSA) is 74.3 Å². The first-order valence-electron chi connectivity index (χ1n) is 8.66. The van der Waals surface area contributed by atoms with Gasteiger partial charge in [0.1, 0.15) is 0 Å². The molecule has 0 aromatic heterocycles. The first kappa shape index (κ1) is 20.7. The number of methoxy groups -OCH3 is 2. The molecule has 2 amide bonds. The van der Waals surface area contributed by atoms with E-state index in [1.807, 2.05) is 0 Å². The Kier molecular flexibility index (Phi) is 5.73. The molecule has 1 saturated heterocycles. The molecule has 30 heavy (non-hydrogen) atoms. The van der Waals surface area contributed by atoms with Gasteiger partial charge in [0.05, 0.1) is 30.7 Å². The lowest BCUT2D eigenvalue weighted by Crippen LogP contribution is -2.27. The molecule has 2 heterocycles. The summed E-state index contributed by atoms with van der Waals surface area (Å²) in [5.74, 6) is 1.44. The van der Waals surface area contributed by atoms with Gasteiger partial charge in [0.25, 0.3) is 11.1 Å². The second kappa shape index (κ2) is 8.29. The maximum Gasteiger partial charge on any atom is 0.293 e. The largest absolute Gasteiger partial charge is 0.493 e. The number of carbonyl (C=O) groups excluding carboxylic acids is 2. The van der Waals surface area contributed by atoms with E-state index < -0.39 is 11.1 Å². The molecule has 0 N–H and O–H groups in total. The zero-order chi connectivity index (χ0) is 21.4. The zero-order valence-electron chi connectivity index (χ0n) is 15.9. The summed E-state index contributed by atoms with van der Waals surface area (Å²) in [5.41, 5.74) is 1.18. The highest BCUT2D eigenvalue weighted by Crippen LogP contribution is 2.41. The Bertz CT molecular complexity index is 1090. The van der Waals surface area contributed by atoms with Crippen LogP contribution < -0.4 is 18.9 Å². The van der Waals surface area contributed by atoms with E-state index in [0.29, 0.717) is 44.2 Å². The number of fused-ring (bicyclic) bond motifs is 1. The maximum absolute atomic E-state index is 12.9. The Morgan fingerprint density at radius 2 is 1.80 bits per heavy atom. The summed E-state index contributed by atoms with van der Waals surface area (Å²) in [6.45, 7) is 0.123. The Morgan fingerprint density at radius 1 is 1.07 bits per heavy atom. The summed E-state index contributed by atoms with van der Waals surface area (Å²) in [4.78, 5) is 26.7. The van der Waals surface area contributed by atoms with Crippen LogP contribution in [0.1, 0.15) is 11.1 Å². The number of halogens is 2. The lowest BCUT2D eigenvalue weighted by Gasteiger charge is -2.14. The number of thioether (sulfide) groups is 1.